The van der Waals surface area contributed by atoms with Crippen LogP contribution < -0.4 is 9.62 Å². The van der Waals surface area contributed by atoms with Crippen molar-refractivity contribution >= 4 is 32.4 Å². The van der Waals surface area contributed by atoms with Crippen LogP contribution in [0.4, 0.5) is 5.69 Å². The Kier molecular flexibility index (Phi) is 5.81. The Labute approximate surface area is 155 Å². The minimum absolute atomic E-state index is 0.152. The van der Waals surface area contributed by atoms with E-state index in [9.17, 15) is 13.2 Å². The minimum atomic E-state index is -3.58. The molecule has 140 valence electrons. The van der Waals surface area contributed by atoms with Crippen LogP contribution in [0.25, 0.3) is 10.8 Å². The Morgan fingerprint density at radius 1 is 1.04 bits per heavy atom. The largest absolute Gasteiger partial charge is 0.352 e. The van der Waals surface area contributed by atoms with Gasteiger partial charge in [0.15, 0.2) is 0 Å². The molecule has 0 radical (unpaired) electrons. The second-order valence-electron chi connectivity index (χ2n) is 7.02. The fourth-order valence-corrected chi connectivity index (χ4v) is 4.50. The van der Waals surface area contributed by atoms with E-state index in [1.165, 1.54) is 17.1 Å². The molecule has 1 saturated carbocycles. The Morgan fingerprint density at radius 3 is 2.38 bits per heavy atom. The lowest BCUT2D eigenvalue weighted by molar-refractivity contribution is -0.120. The summed E-state index contributed by atoms with van der Waals surface area (Å²) in [5, 5.41) is 4.80. The van der Waals surface area contributed by atoms with Crippen LogP contribution in [0.15, 0.2) is 42.5 Å². The van der Waals surface area contributed by atoms with E-state index in [0.29, 0.717) is 5.69 Å². The van der Waals surface area contributed by atoms with Gasteiger partial charge in [-0.2, -0.15) is 0 Å². The number of nitrogens with one attached hydrogen (secondary N) is 1. The number of hydrogen-bond acceptors (Lipinski definition) is 3. The monoisotopic (exact) mass is 374 g/mol. The molecule has 1 aliphatic carbocycles. The Hall–Kier alpha value is -2.08. The maximum Gasteiger partial charge on any atom is 0.240 e. The normalized spacial score (nSPS) is 16.2. The van der Waals surface area contributed by atoms with E-state index in [1.54, 1.807) is 6.07 Å². The Morgan fingerprint density at radius 2 is 1.69 bits per heavy atom. The molecule has 0 aromatic heterocycles. The third-order valence-electron chi connectivity index (χ3n) is 4.94. The molecule has 1 fully saturated rings. The zero-order chi connectivity index (χ0) is 18.6. The molecule has 1 amide bonds. The van der Waals surface area contributed by atoms with Crippen LogP contribution >= 0.6 is 0 Å². The van der Waals surface area contributed by atoms with Crippen molar-refractivity contribution in [3.05, 3.63) is 42.5 Å². The van der Waals surface area contributed by atoms with E-state index >= 15 is 0 Å². The van der Waals surface area contributed by atoms with Crippen molar-refractivity contribution in [2.75, 3.05) is 17.1 Å². The van der Waals surface area contributed by atoms with E-state index in [4.69, 9.17) is 0 Å². The summed E-state index contributed by atoms with van der Waals surface area (Å²) in [5.41, 5.74) is 0.543. The summed E-state index contributed by atoms with van der Waals surface area (Å²) in [6.45, 7) is -0.191. The molecule has 26 heavy (non-hydrogen) atoms. The number of hydrogen-bond donors (Lipinski definition) is 1. The standard InChI is InChI=1S/C20H26N2O3S/c1-26(24,25)22(15-20(23)21-17-11-4-2-3-5-12-17)19-14-8-10-16-9-6-7-13-18(16)19/h6-10,13-14,17H,2-5,11-12,15H2,1H3,(H,21,23). The predicted molar refractivity (Wildman–Crippen MR) is 106 cm³/mol. The molecule has 0 spiro atoms. The molecule has 0 bridgehead atoms. The molecule has 1 aliphatic rings. The molecular weight excluding hydrogens is 348 g/mol. The lowest BCUT2D eigenvalue weighted by atomic mass is 10.1. The summed E-state index contributed by atoms with van der Waals surface area (Å²) in [5.74, 6) is -0.241. The average molecular weight is 375 g/mol. The van der Waals surface area contributed by atoms with Gasteiger partial charge in [-0.3, -0.25) is 9.10 Å². The maximum absolute atomic E-state index is 12.6. The molecule has 2 aromatic carbocycles. The minimum Gasteiger partial charge on any atom is -0.352 e. The molecule has 1 N–H and O–H groups in total. The van der Waals surface area contributed by atoms with Gasteiger partial charge in [0.2, 0.25) is 15.9 Å². The zero-order valence-electron chi connectivity index (χ0n) is 15.1. The third-order valence-corrected chi connectivity index (χ3v) is 6.07. The van der Waals surface area contributed by atoms with E-state index in [0.717, 1.165) is 42.7 Å². The van der Waals surface area contributed by atoms with Gasteiger partial charge in [0, 0.05) is 11.4 Å². The van der Waals surface area contributed by atoms with Gasteiger partial charge in [-0.05, 0) is 24.3 Å². The smallest absolute Gasteiger partial charge is 0.240 e. The van der Waals surface area contributed by atoms with Gasteiger partial charge in [0.1, 0.15) is 6.54 Å². The quantitative estimate of drug-likeness (QED) is 0.815. The summed E-state index contributed by atoms with van der Waals surface area (Å²) in [4.78, 5) is 12.6. The highest BCUT2D eigenvalue weighted by atomic mass is 32.2. The van der Waals surface area contributed by atoms with Crippen molar-refractivity contribution in [1.82, 2.24) is 5.32 Å². The number of nitrogens with zero attached hydrogens (tertiary/aromatic N) is 1. The topological polar surface area (TPSA) is 66.5 Å². The van der Waals surface area contributed by atoms with Crippen LogP contribution in [0, 0.1) is 0 Å². The van der Waals surface area contributed by atoms with E-state index in [2.05, 4.69) is 5.32 Å². The van der Waals surface area contributed by atoms with Gasteiger partial charge in [0.05, 0.1) is 11.9 Å². The number of rotatable bonds is 5. The highest BCUT2D eigenvalue weighted by molar-refractivity contribution is 7.92. The lowest BCUT2D eigenvalue weighted by Crippen LogP contribution is -2.44. The second-order valence-corrected chi connectivity index (χ2v) is 8.93. The van der Waals surface area contributed by atoms with Crippen molar-refractivity contribution in [3.8, 4) is 0 Å². The highest BCUT2D eigenvalue weighted by Crippen LogP contribution is 2.28. The third kappa shape index (κ3) is 4.55. The first-order valence-electron chi connectivity index (χ1n) is 9.20. The van der Waals surface area contributed by atoms with Crippen molar-refractivity contribution in [1.29, 1.82) is 0 Å². The molecule has 2 aromatic rings. The van der Waals surface area contributed by atoms with Crippen molar-refractivity contribution in [2.24, 2.45) is 0 Å². The van der Waals surface area contributed by atoms with Crippen molar-refractivity contribution < 1.29 is 13.2 Å². The first kappa shape index (κ1) is 18.7. The molecule has 6 heteroatoms. The number of anilines is 1. The summed E-state index contributed by atoms with van der Waals surface area (Å²) in [6.07, 6.45) is 7.73. The van der Waals surface area contributed by atoms with Crippen LogP contribution in [0.2, 0.25) is 0 Å². The van der Waals surface area contributed by atoms with Gasteiger partial charge in [-0.25, -0.2) is 8.42 Å². The SMILES string of the molecule is CS(=O)(=O)N(CC(=O)NC1CCCCCC1)c1cccc2ccccc12. The summed E-state index contributed by atoms with van der Waals surface area (Å²) in [7, 11) is -3.58. The lowest BCUT2D eigenvalue weighted by Gasteiger charge is -2.25. The average Bonchev–Trinajstić information content (AvgIpc) is 2.87. The summed E-state index contributed by atoms with van der Waals surface area (Å²) >= 11 is 0. The number of carbonyl (C=O) groups is 1. The first-order chi connectivity index (χ1) is 12.4. The van der Waals surface area contributed by atoms with Gasteiger partial charge >= 0.3 is 0 Å². The summed E-state index contributed by atoms with van der Waals surface area (Å²) < 4.78 is 26.0. The first-order valence-corrected chi connectivity index (χ1v) is 11.0. The molecule has 0 heterocycles. The fourth-order valence-electron chi connectivity index (χ4n) is 3.63. The molecule has 5 nitrogen and oxygen atoms in total. The van der Waals surface area contributed by atoms with E-state index < -0.39 is 10.0 Å². The molecule has 3 rings (SSSR count). The van der Waals surface area contributed by atoms with E-state index in [1.807, 2.05) is 36.4 Å². The fraction of sp³-hybridized carbons (Fsp3) is 0.450. The van der Waals surface area contributed by atoms with Gasteiger partial charge in [-0.1, -0.05) is 62.1 Å². The van der Waals surface area contributed by atoms with Crippen LogP contribution in [0.3, 0.4) is 0 Å². The van der Waals surface area contributed by atoms with Crippen molar-refractivity contribution in [2.45, 2.75) is 44.6 Å². The predicted octanol–water partition coefficient (Wildman–Crippen LogP) is 3.44. The number of benzene rings is 2. The van der Waals surface area contributed by atoms with Gasteiger partial charge in [-0.15, -0.1) is 0 Å². The van der Waals surface area contributed by atoms with Crippen LogP contribution in [0.5, 0.6) is 0 Å². The molecular formula is C20H26N2O3S. The molecule has 0 saturated heterocycles. The molecule has 0 aliphatic heterocycles. The number of fused-ring (bicyclic) bond motifs is 1. The van der Waals surface area contributed by atoms with Crippen LogP contribution in [-0.4, -0.2) is 33.2 Å². The number of sulfonamides is 1. The van der Waals surface area contributed by atoms with Gasteiger partial charge in [0.25, 0.3) is 0 Å². The van der Waals surface area contributed by atoms with Crippen LogP contribution in [0.1, 0.15) is 38.5 Å². The second kappa shape index (κ2) is 8.08. The number of amides is 1. The summed E-state index contributed by atoms with van der Waals surface area (Å²) in [6, 6.07) is 13.3. The highest BCUT2D eigenvalue weighted by Gasteiger charge is 2.24. The zero-order valence-corrected chi connectivity index (χ0v) is 16.0. The maximum atomic E-state index is 12.6. The van der Waals surface area contributed by atoms with Crippen molar-refractivity contribution in [3.63, 3.8) is 0 Å². The van der Waals surface area contributed by atoms with E-state index in [-0.39, 0.29) is 18.5 Å². The molecule has 0 unspecified atom stereocenters. The molecule has 0 atom stereocenters. The van der Waals surface area contributed by atoms with Gasteiger partial charge < -0.3 is 5.32 Å². The number of carbonyl (C=O) groups excluding carboxylic acids is 1. The Bertz CT molecular complexity index is 866. The Balaban J connectivity index is 1.83. The van der Waals surface area contributed by atoms with Crippen LogP contribution in [-0.2, 0) is 14.8 Å².